The number of benzene rings is 1. The molecular formula is C16H21FN4OSn. The van der Waals surface area contributed by atoms with E-state index in [9.17, 15) is 4.39 Å². The van der Waals surface area contributed by atoms with Gasteiger partial charge in [0, 0.05) is 0 Å². The van der Waals surface area contributed by atoms with E-state index in [2.05, 4.69) is 30.3 Å². The average molecular weight is 423 g/mol. The fraction of sp³-hybridized carbons (Fsp3) is 0.438. The second-order valence-corrected chi connectivity index (χ2v) is 21.4. The predicted molar refractivity (Wildman–Crippen MR) is 90.2 cm³/mol. The molecule has 0 saturated carbocycles. The van der Waals surface area contributed by atoms with E-state index in [0.717, 1.165) is 20.5 Å². The summed E-state index contributed by atoms with van der Waals surface area (Å²) in [5, 5.41) is 12.1. The van der Waals surface area contributed by atoms with E-state index in [-0.39, 0.29) is 11.9 Å². The van der Waals surface area contributed by atoms with Crippen LogP contribution in [0.4, 0.5) is 4.39 Å². The summed E-state index contributed by atoms with van der Waals surface area (Å²) < 4.78 is 17.0. The summed E-state index contributed by atoms with van der Waals surface area (Å²) in [5.41, 5.74) is 2.47. The number of aryl methyl sites for hydroxylation is 1. The van der Waals surface area contributed by atoms with E-state index in [1.807, 2.05) is 25.3 Å². The molecule has 2 heterocycles. The van der Waals surface area contributed by atoms with E-state index >= 15 is 0 Å². The number of halogens is 1. The maximum atomic E-state index is 14.4. The van der Waals surface area contributed by atoms with Crippen molar-refractivity contribution >= 4 is 27.7 Å². The second kappa shape index (κ2) is 6.22. The van der Waals surface area contributed by atoms with Gasteiger partial charge >= 0.3 is 139 Å². The Morgan fingerprint density at radius 2 is 2.13 bits per heavy atom. The Labute approximate surface area is 139 Å². The van der Waals surface area contributed by atoms with Crippen molar-refractivity contribution in [3.8, 4) is 0 Å². The normalized spacial score (nSPS) is 18.0. The third kappa shape index (κ3) is 3.73. The summed E-state index contributed by atoms with van der Waals surface area (Å²) in [4.78, 5) is 12.1. The first-order chi connectivity index (χ1) is 10.8. The number of hydrogen-bond donors (Lipinski definition) is 0. The third-order valence-electron chi connectivity index (χ3n) is 3.89. The summed E-state index contributed by atoms with van der Waals surface area (Å²) in [7, 11) is 0. The van der Waals surface area contributed by atoms with Crippen molar-refractivity contribution < 1.29 is 9.23 Å². The predicted octanol–water partition coefficient (Wildman–Crippen LogP) is 2.46. The molecule has 0 bridgehead atoms. The zero-order valence-corrected chi connectivity index (χ0v) is 16.7. The van der Waals surface area contributed by atoms with Crippen molar-refractivity contribution in [1.82, 2.24) is 15.0 Å². The average Bonchev–Trinajstić information content (AvgIpc) is 3.07. The molecule has 2 aromatic rings. The van der Waals surface area contributed by atoms with E-state index < -0.39 is 18.4 Å². The first kappa shape index (κ1) is 16.4. The topological polar surface area (TPSA) is 52.3 Å². The van der Waals surface area contributed by atoms with Crippen molar-refractivity contribution in [1.29, 1.82) is 0 Å². The SMILES string of the molecule is Cc1cn(CC2CC(c3cc[c]([Sn]([CH3])([CH3])[CH3])c(F)c3)=NO2)nn1. The van der Waals surface area contributed by atoms with Gasteiger partial charge in [-0.2, -0.15) is 0 Å². The van der Waals surface area contributed by atoms with Gasteiger partial charge in [-0.15, -0.1) is 0 Å². The van der Waals surface area contributed by atoms with Crippen LogP contribution in [0.5, 0.6) is 0 Å². The van der Waals surface area contributed by atoms with Gasteiger partial charge < -0.3 is 0 Å². The monoisotopic (exact) mass is 424 g/mol. The molecule has 1 aliphatic heterocycles. The number of rotatable bonds is 4. The summed E-state index contributed by atoms with van der Waals surface area (Å²) in [6.07, 6.45) is 2.43. The van der Waals surface area contributed by atoms with Gasteiger partial charge in [-0.1, -0.05) is 0 Å². The van der Waals surface area contributed by atoms with Gasteiger partial charge in [0.05, 0.1) is 0 Å². The molecule has 1 aliphatic rings. The third-order valence-corrected chi connectivity index (χ3v) is 9.66. The molecule has 122 valence electrons. The number of aromatic nitrogens is 3. The van der Waals surface area contributed by atoms with Gasteiger partial charge in [0.1, 0.15) is 0 Å². The Morgan fingerprint density at radius 1 is 1.35 bits per heavy atom. The van der Waals surface area contributed by atoms with E-state index in [4.69, 9.17) is 4.84 Å². The molecule has 0 amide bonds. The molecule has 5 nitrogen and oxygen atoms in total. The zero-order chi connectivity index (χ0) is 16.6. The molecule has 23 heavy (non-hydrogen) atoms. The van der Waals surface area contributed by atoms with Crippen molar-refractivity contribution in [2.75, 3.05) is 0 Å². The van der Waals surface area contributed by atoms with E-state index in [1.165, 1.54) is 0 Å². The molecule has 0 fully saturated rings. The fourth-order valence-corrected chi connectivity index (χ4v) is 6.61. The van der Waals surface area contributed by atoms with Crippen LogP contribution in [0.1, 0.15) is 17.7 Å². The molecule has 1 atom stereocenters. The van der Waals surface area contributed by atoms with Crippen LogP contribution in [0.15, 0.2) is 29.6 Å². The number of nitrogens with zero attached hydrogens (tertiary/aromatic N) is 4. The molecule has 0 radical (unpaired) electrons. The molecule has 1 aromatic heterocycles. The van der Waals surface area contributed by atoms with Crippen LogP contribution in [0, 0.1) is 12.7 Å². The van der Waals surface area contributed by atoms with Gasteiger partial charge in [0.15, 0.2) is 0 Å². The molecule has 0 N–H and O–H groups in total. The molecule has 1 unspecified atom stereocenters. The number of oxime groups is 1. The summed E-state index contributed by atoms with van der Waals surface area (Å²) in [6, 6.07) is 5.49. The molecule has 0 spiro atoms. The molecule has 7 heteroatoms. The summed E-state index contributed by atoms with van der Waals surface area (Å²) in [5.74, 6) is -0.108. The van der Waals surface area contributed by atoms with E-state index in [0.29, 0.717) is 13.0 Å². The minimum absolute atomic E-state index is 0.0874. The summed E-state index contributed by atoms with van der Waals surface area (Å²) >= 11 is -2.41. The first-order valence-electron chi connectivity index (χ1n) is 7.73. The van der Waals surface area contributed by atoms with Gasteiger partial charge in [-0.3, -0.25) is 0 Å². The molecular weight excluding hydrogens is 402 g/mol. The van der Waals surface area contributed by atoms with Crippen LogP contribution in [0.2, 0.25) is 14.8 Å². The van der Waals surface area contributed by atoms with Crippen LogP contribution in [0.25, 0.3) is 0 Å². The maximum absolute atomic E-state index is 14.4. The fourth-order valence-electron chi connectivity index (χ4n) is 2.69. The molecule has 0 saturated heterocycles. The Morgan fingerprint density at radius 3 is 2.74 bits per heavy atom. The van der Waals surface area contributed by atoms with Crippen LogP contribution in [-0.4, -0.2) is 45.2 Å². The van der Waals surface area contributed by atoms with Crippen LogP contribution >= 0.6 is 0 Å². The van der Waals surface area contributed by atoms with Gasteiger partial charge in [-0.25, -0.2) is 0 Å². The van der Waals surface area contributed by atoms with Crippen LogP contribution in [-0.2, 0) is 11.4 Å². The quantitative estimate of drug-likeness (QED) is 0.711. The minimum atomic E-state index is -2.41. The molecule has 0 aliphatic carbocycles. The van der Waals surface area contributed by atoms with Gasteiger partial charge in [0.2, 0.25) is 0 Å². The van der Waals surface area contributed by atoms with Crippen molar-refractivity contribution in [3.63, 3.8) is 0 Å². The summed E-state index contributed by atoms with van der Waals surface area (Å²) in [6.45, 7) is 2.48. The molecule has 1 aromatic carbocycles. The Bertz CT molecular complexity index is 751. The standard InChI is InChI=1S/C13H12FN4O.3CH3.Sn/c1-9-7-18(17-15-9)8-12-6-13(16-19-12)10-3-2-4-11(14)5-10;;;;/h2-3,5,7,12H,6,8H2,1H3;3*1H3;. The van der Waals surface area contributed by atoms with Gasteiger partial charge in [0.25, 0.3) is 0 Å². The number of hydrogen-bond acceptors (Lipinski definition) is 4. The second-order valence-electron chi connectivity index (χ2n) is 7.00. The van der Waals surface area contributed by atoms with Crippen LogP contribution in [0.3, 0.4) is 0 Å². The van der Waals surface area contributed by atoms with Crippen molar-refractivity contribution in [3.05, 3.63) is 41.5 Å². The van der Waals surface area contributed by atoms with Crippen LogP contribution < -0.4 is 3.58 Å². The van der Waals surface area contributed by atoms with Crippen molar-refractivity contribution in [2.24, 2.45) is 5.16 Å². The van der Waals surface area contributed by atoms with Gasteiger partial charge in [-0.05, 0) is 0 Å². The Balaban J connectivity index is 1.70. The van der Waals surface area contributed by atoms with Crippen molar-refractivity contribution in [2.45, 2.75) is 40.8 Å². The first-order valence-corrected chi connectivity index (χ1v) is 17.7. The Hall–Kier alpha value is -1.44. The zero-order valence-electron chi connectivity index (χ0n) is 13.9. The molecule has 3 rings (SSSR count). The van der Waals surface area contributed by atoms with E-state index in [1.54, 1.807) is 10.7 Å². The Kier molecular flexibility index (Phi) is 4.44.